The van der Waals surface area contributed by atoms with Crippen LogP contribution in [0, 0.1) is 0 Å². The molecule has 0 aromatic rings. The standard InChI is InChI=1S/C11H21NO3/c1-4-15-10(13)9-11(12(2)3)5-7-14-8-6-11/h4-9H2,1-3H3. The maximum Gasteiger partial charge on any atom is 0.307 e. The minimum atomic E-state index is -0.104. The molecule has 4 nitrogen and oxygen atoms in total. The minimum Gasteiger partial charge on any atom is -0.466 e. The molecule has 0 unspecified atom stereocenters. The molecule has 0 atom stereocenters. The first-order valence-corrected chi connectivity index (χ1v) is 5.51. The highest BCUT2D eigenvalue weighted by Gasteiger charge is 2.37. The Balaban J connectivity index is 2.60. The number of hydrogen-bond acceptors (Lipinski definition) is 4. The largest absolute Gasteiger partial charge is 0.466 e. The van der Waals surface area contributed by atoms with Gasteiger partial charge in [-0.1, -0.05) is 0 Å². The SMILES string of the molecule is CCOC(=O)CC1(N(C)C)CCOCC1. The van der Waals surface area contributed by atoms with Gasteiger partial charge in [-0.15, -0.1) is 0 Å². The lowest BCUT2D eigenvalue weighted by molar-refractivity contribution is -0.148. The number of ether oxygens (including phenoxy) is 2. The van der Waals surface area contributed by atoms with E-state index < -0.39 is 0 Å². The van der Waals surface area contributed by atoms with E-state index in [4.69, 9.17) is 9.47 Å². The third kappa shape index (κ3) is 3.18. The fraction of sp³-hybridized carbons (Fsp3) is 0.909. The van der Waals surface area contributed by atoms with E-state index in [0.29, 0.717) is 13.0 Å². The van der Waals surface area contributed by atoms with Gasteiger partial charge in [0.2, 0.25) is 0 Å². The number of rotatable bonds is 4. The fourth-order valence-electron chi connectivity index (χ4n) is 2.01. The predicted octanol–water partition coefficient (Wildman–Crippen LogP) is 1.05. The third-order valence-corrected chi connectivity index (χ3v) is 3.15. The summed E-state index contributed by atoms with van der Waals surface area (Å²) in [5.41, 5.74) is -0.0650. The first-order chi connectivity index (χ1) is 7.10. The van der Waals surface area contributed by atoms with Gasteiger partial charge in [-0.2, -0.15) is 0 Å². The van der Waals surface area contributed by atoms with Crippen LogP contribution in [0.15, 0.2) is 0 Å². The van der Waals surface area contributed by atoms with Gasteiger partial charge >= 0.3 is 5.97 Å². The van der Waals surface area contributed by atoms with E-state index in [1.54, 1.807) is 0 Å². The summed E-state index contributed by atoms with van der Waals surface area (Å²) in [4.78, 5) is 13.7. The molecule has 0 radical (unpaired) electrons. The summed E-state index contributed by atoms with van der Waals surface area (Å²) in [6.07, 6.45) is 2.27. The Hall–Kier alpha value is -0.610. The number of nitrogens with zero attached hydrogens (tertiary/aromatic N) is 1. The van der Waals surface area contributed by atoms with Crippen molar-refractivity contribution in [1.82, 2.24) is 4.90 Å². The van der Waals surface area contributed by atoms with Gasteiger partial charge in [0.1, 0.15) is 0 Å². The quantitative estimate of drug-likeness (QED) is 0.657. The third-order valence-electron chi connectivity index (χ3n) is 3.15. The average molecular weight is 215 g/mol. The van der Waals surface area contributed by atoms with Gasteiger partial charge in [-0.05, 0) is 33.9 Å². The summed E-state index contributed by atoms with van der Waals surface area (Å²) in [7, 11) is 4.04. The van der Waals surface area contributed by atoms with E-state index in [-0.39, 0.29) is 11.5 Å². The molecule has 0 aromatic carbocycles. The lowest BCUT2D eigenvalue weighted by Gasteiger charge is -2.42. The first kappa shape index (κ1) is 12.5. The highest BCUT2D eigenvalue weighted by molar-refractivity contribution is 5.70. The van der Waals surface area contributed by atoms with Crippen molar-refractivity contribution in [3.63, 3.8) is 0 Å². The van der Waals surface area contributed by atoms with E-state index in [9.17, 15) is 4.79 Å². The summed E-state index contributed by atoms with van der Waals surface area (Å²) in [5, 5.41) is 0. The van der Waals surface area contributed by atoms with Crippen molar-refractivity contribution in [3.05, 3.63) is 0 Å². The molecule has 1 fully saturated rings. The summed E-state index contributed by atoms with van der Waals surface area (Å²) in [6, 6.07) is 0. The minimum absolute atomic E-state index is 0.0650. The van der Waals surface area contributed by atoms with Crippen LogP contribution in [0.1, 0.15) is 26.2 Å². The summed E-state index contributed by atoms with van der Waals surface area (Å²) in [6.45, 7) is 3.76. The second-order valence-corrected chi connectivity index (χ2v) is 4.21. The van der Waals surface area contributed by atoms with Gasteiger partial charge in [-0.3, -0.25) is 4.79 Å². The molecule has 1 saturated heterocycles. The molecule has 88 valence electrons. The van der Waals surface area contributed by atoms with Crippen molar-refractivity contribution in [2.75, 3.05) is 33.9 Å². The van der Waals surface area contributed by atoms with Crippen molar-refractivity contribution in [1.29, 1.82) is 0 Å². The molecule has 0 saturated carbocycles. The number of carbonyl (C=O) groups excluding carboxylic acids is 1. The van der Waals surface area contributed by atoms with Crippen LogP contribution in [0.3, 0.4) is 0 Å². The van der Waals surface area contributed by atoms with E-state index in [1.165, 1.54) is 0 Å². The van der Waals surface area contributed by atoms with Gasteiger partial charge in [0.15, 0.2) is 0 Å². The zero-order chi connectivity index (χ0) is 11.3. The molecule has 0 aliphatic carbocycles. The molecule has 0 aromatic heterocycles. The van der Waals surface area contributed by atoms with Crippen molar-refractivity contribution >= 4 is 5.97 Å². The van der Waals surface area contributed by atoms with E-state index in [0.717, 1.165) is 26.1 Å². The van der Waals surface area contributed by atoms with E-state index >= 15 is 0 Å². The Morgan fingerprint density at radius 1 is 1.40 bits per heavy atom. The average Bonchev–Trinajstić information content (AvgIpc) is 2.19. The zero-order valence-corrected chi connectivity index (χ0v) is 9.91. The summed E-state index contributed by atoms with van der Waals surface area (Å²) >= 11 is 0. The molecule has 1 aliphatic rings. The second kappa shape index (κ2) is 5.47. The molecule has 4 heteroatoms. The van der Waals surface area contributed by atoms with Gasteiger partial charge in [0.05, 0.1) is 13.0 Å². The highest BCUT2D eigenvalue weighted by atomic mass is 16.5. The van der Waals surface area contributed by atoms with Crippen LogP contribution in [0.25, 0.3) is 0 Å². The van der Waals surface area contributed by atoms with Crippen LogP contribution >= 0.6 is 0 Å². The molecule has 0 bridgehead atoms. The maximum atomic E-state index is 11.5. The van der Waals surface area contributed by atoms with Crippen LogP contribution in [0.4, 0.5) is 0 Å². The topological polar surface area (TPSA) is 38.8 Å². The lowest BCUT2D eigenvalue weighted by Crippen LogP contribution is -2.50. The number of hydrogen-bond donors (Lipinski definition) is 0. The van der Waals surface area contributed by atoms with E-state index in [1.807, 2.05) is 21.0 Å². The van der Waals surface area contributed by atoms with Gasteiger partial charge in [-0.25, -0.2) is 0 Å². The molecular weight excluding hydrogens is 194 g/mol. The van der Waals surface area contributed by atoms with Crippen molar-refractivity contribution in [3.8, 4) is 0 Å². The normalized spacial score (nSPS) is 20.3. The smallest absolute Gasteiger partial charge is 0.307 e. The molecule has 1 heterocycles. The summed E-state index contributed by atoms with van der Waals surface area (Å²) < 4.78 is 10.4. The zero-order valence-electron chi connectivity index (χ0n) is 9.91. The lowest BCUT2D eigenvalue weighted by atomic mass is 9.85. The highest BCUT2D eigenvalue weighted by Crippen LogP contribution is 2.29. The number of carbonyl (C=O) groups is 1. The van der Waals surface area contributed by atoms with Crippen LogP contribution in [0.2, 0.25) is 0 Å². The molecule has 15 heavy (non-hydrogen) atoms. The molecule has 1 aliphatic heterocycles. The van der Waals surface area contributed by atoms with Crippen LogP contribution in [-0.2, 0) is 14.3 Å². The van der Waals surface area contributed by atoms with Gasteiger partial charge in [0.25, 0.3) is 0 Å². The maximum absolute atomic E-state index is 11.5. The van der Waals surface area contributed by atoms with Crippen LogP contribution < -0.4 is 0 Å². The molecule has 0 spiro atoms. The summed E-state index contributed by atoms with van der Waals surface area (Å²) in [5.74, 6) is -0.104. The Morgan fingerprint density at radius 2 is 2.00 bits per heavy atom. The van der Waals surface area contributed by atoms with Crippen molar-refractivity contribution in [2.24, 2.45) is 0 Å². The Morgan fingerprint density at radius 3 is 2.47 bits per heavy atom. The van der Waals surface area contributed by atoms with Crippen molar-refractivity contribution < 1.29 is 14.3 Å². The molecular formula is C11H21NO3. The van der Waals surface area contributed by atoms with Crippen molar-refractivity contribution in [2.45, 2.75) is 31.7 Å². The Bertz CT molecular complexity index is 210. The van der Waals surface area contributed by atoms with E-state index in [2.05, 4.69) is 4.90 Å². The first-order valence-electron chi connectivity index (χ1n) is 5.51. The monoisotopic (exact) mass is 215 g/mol. The Kier molecular flexibility index (Phi) is 4.54. The van der Waals surface area contributed by atoms with Crippen LogP contribution in [-0.4, -0.2) is 50.3 Å². The predicted molar refractivity (Wildman–Crippen MR) is 57.7 cm³/mol. The Labute approximate surface area is 91.5 Å². The fourth-order valence-corrected chi connectivity index (χ4v) is 2.01. The molecule has 0 amide bonds. The molecule has 0 N–H and O–H groups in total. The van der Waals surface area contributed by atoms with Gasteiger partial charge < -0.3 is 14.4 Å². The van der Waals surface area contributed by atoms with Gasteiger partial charge in [0, 0.05) is 18.8 Å². The second-order valence-electron chi connectivity index (χ2n) is 4.21. The number of esters is 1. The van der Waals surface area contributed by atoms with Crippen LogP contribution in [0.5, 0.6) is 0 Å². The molecule has 1 rings (SSSR count).